The van der Waals surface area contributed by atoms with Crippen molar-refractivity contribution in [2.24, 2.45) is 0 Å². The Morgan fingerprint density at radius 1 is 1.33 bits per heavy atom. The monoisotopic (exact) mass is 274 g/mol. The molecule has 0 heterocycles. The van der Waals surface area contributed by atoms with Crippen LogP contribution in [0.1, 0.15) is 18.4 Å². The van der Waals surface area contributed by atoms with Gasteiger partial charge in [0.25, 0.3) is 11.4 Å². The highest BCUT2D eigenvalue weighted by atomic mass is 35.5. The number of nitro benzene ring substituents is 2. The molecule has 18 heavy (non-hydrogen) atoms. The van der Waals surface area contributed by atoms with Crippen LogP contribution in [0, 0.1) is 20.2 Å². The first-order chi connectivity index (χ1) is 8.25. The van der Waals surface area contributed by atoms with Crippen molar-refractivity contribution < 1.29 is 19.7 Å². The molecule has 1 unspecified atom stereocenters. The highest BCUT2D eigenvalue weighted by molar-refractivity contribution is 6.32. The van der Waals surface area contributed by atoms with E-state index in [-0.39, 0.29) is 10.6 Å². The second-order valence-corrected chi connectivity index (χ2v) is 3.84. The Bertz CT molecular complexity index is 544. The molecule has 96 valence electrons. The number of nitrogens with zero attached hydrogens (tertiary/aromatic N) is 2. The zero-order chi connectivity index (χ0) is 14.0. The maximum absolute atomic E-state index is 10.8. The van der Waals surface area contributed by atoms with Crippen molar-refractivity contribution >= 4 is 28.9 Å². The normalized spacial score (nSPS) is 11.9. The van der Waals surface area contributed by atoms with E-state index in [0.717, 1.165) is 6.07 Å². The Hall–Kier alpha value is -2.22. The number of non-ortho nitro benzene ring substituents is 1. The van der Waals surface area contributed by atoms with Crippen LogP contribution >= 0.6 is 11.6 Å². The maximum atomic E-state index is 10.8. The second-order valence-electron chi connectivity index (χ2n) is 3.43. The highest BCUT2D eigenvalue weighted by Crippen LogP contribution is 2.36. The molecule has 1 N–H and O–H groups in total. The zero-order valence-corrected chi connectivity index (χ0v) is 9.75. The predicted molar refractivity (Wildman–Crippen MR) is 60.8 cm³/mol. The van der Waals surface area contributed by atoms with E-state index in [2.05, 4.69) is 0 Å². The summed E-state index contributed by atoms with van der Waals surface area (Å²) >= 11 is 5.69. The van der Waals surface area contributed by atoms with Gasteiger partial charge in [-0.1, -0.05) is 11.6 Å². The summed E-state index contributed by atoms with van der Waals surface area (Å²) in [5.41, 5.74) is -1.49. The van der Waals surface area contributed by atoms with Gasteiger partial charge in [0.1, 0.15) is 0 Å². The van der Waals surface area contributed by atoms with Gasteiger partial charge < -0.3 is 5.11 Å². The molecule has 8 nitrogen and oxygen atoms in total. The van der Waals surface area contributed by atoms with Crippen molar-refractivity contribution in [3.63, 3.8) is 0 Å². The van der Waals surface area contributed by atoms with Crippen LogP contribution in [0.5, 0.6) is 0 Å². The minimum Gasteiger partial charge on any atom is -0.481 e. The fourth-order valence-corrected chi connectivity index (χ4v) is 1.77. The number of aliphatic carboxylic acids is 1. The van der Waals surface area contributed by atoms with Crippen LogP contribution in [0.4, 0.5) is 11.4 Å². The van der Waals surface area contributed by atoms with Gasteiger partial charge in [-0.25, -0.2) is 0 Å². The second kappa shape index (κ2) is 4.96. The summed E-state index contributed by atoms with van der Waals surface area (Å²) in [5.74, 6) is -2.55. The average molecular weight is 275 g/mol. The lowest BCUT2D eigenvalue weighted by molar-refractivity contribution is -0.394. The third kappa shape index (κ3) is 2.54. The van der Waals surface area contributed by atoms with Gasteiger partial charge in [0.15, 0.2) is 0 Å². The molecule has 0 aliphatic heterocycles. The predicted octanol–water partition coefficient (Wildman–Crippen LogP) is 2.34. The number of halogens is 1. The van der Waals surface area contributed by atoms with Crippen LogP contribution in [0.3, 0.4) is 0 Å². The number of carboxylic acid groups (broad SMARTS) is 1. The lowest BCUT2D eigenvalue weighted by atomic mass is 9.99. The number of carbonyl (C=O) groups is 1. The Balaban J connectivity index is 3.55. The van der Waals surface area contributed by atoms with Crippen molar-refractivity contribution in [2.45, 2.75) is 12.8 Å². The Morgan fingerprint density at radius 2 is 1.89 bits per heavy atom. The number of hydrogen-bond donors (Lipinski definition) is 1. The van der Waals surface area contributed by atoms with Crippen molar-refractivity contribution in [1.29, 1.82) is 0 Å². The molecule has 0 spiro atoms. The number of benzene rings is 1. The van der Waals surface area contributed by atoms with Gasteiger partial charge in [0, 0.05) is 6.07 Å². The molecule has 0 fully saturated rings. The van der Waals surface area contributed by atoms with Gasteiger partial charge in [-0.3, -0.25) is 25.0 Å². The van der Waals surface area contributed by atoms with Crippen LogP contribution in [0.2, 0.25) is 5.02 Å². The van der Waals surface area contributed by atoms with Crippen LogP contribution in [0.15, 0.2) is 12.1 Å². The van der Waals surface area contributed by atoms with E-state index in [0.29, 0.717) is 6.07 Å². The number of nitro groups is 2. The first kappa shape index (κ1) is 13.8. The summed E-state index contributed by atoms with van der Waals surface area (Å²) in [6.45, 7) is 1.21. The van der Waals surface area contributed by atoms with Gasteiger partial charge in [-0.2, -0.15) is 0 Å². The van der Waals surface area contributed by atoms with Crippen molar-refractivity contribution in [3.8, 4) is 0 Å². The lowest BCUT2D eigenvalue weighted by Gasteiger charge is -2.09. The number of rotatable bonds is 4. The first-order valence-electron chi connectivity index (χ1n) is 4.60. The van der Waals surface area contributed by atoms with E-state index in [1.807, 2.05) is 0 Å². The van der Waals surface area contributed by atoms with Crippen molar-refractivity contribution in [3.05, 3.63) is 42.9 Å². The van der Waals surface area contributed by atoms with Gasteiger partial charge in [-0.05, 0) is 6.92 Å². The minimum absolute atomic E-state index is 0.250. The molecule has 0 aliphatic carbocycles. The largest absolute Gasteiger partial charge is 0.481 e. The van der Waals surface area contributed by atoms with Gasteiger partial charge >= 0.3 is 5.97 Å². The van der Waals surface area contributed by atoms with Crippen molar-refractivity contribution in [1.82, 2.24) is 0 Å². The fraction of sp³-hybridized carbons (Fsp3) is 0.222. The molecule has 0 aliphatic rings. The van der Waals surface area contributed by atoms with Crippen molar-refractivity contribution in [2.75, 3.05) is 0 Å². The van der Waals surface area contributed by atoms with Crippen LogP contribution in [-0.4, -0.2) is 20.9 Å². The summed E-state index contributed by atoms with van der Waals surface area (Å²) in [7, 11) is 0. The minimum atomic E-state index is -1.31. The molecule has 1 aromatic rings. The number of carboxylic acids is 1. The summed E-state index contributed by atoms with van der Waals surface area (Å²) in [6.07, 6.45) is 0. The molecule has 1 aromatic carbocycles. The summed E-state index contributed by atoms with van der Waals surface area (Å²) in [4.78, 5) is 30.5. The highest BCUT2D eigenvalue weighted by Gasteiger charge is 2.30. The zero-order valence-electron chi connectivity index (χ0n) is 8.99. The van der Waals surface area contributed by atoms with Crippen LogP contribution < -0.4 is 0 Å². The third-order valence-electron chi connectivity index (χ3n) is 2.30. The molecule has 1 rings (SSSR count). The molecular formula is C9H7ClN2O6. The molecule has 1 atom stereocenters. The first-order valence-corrected chi connectivity index (χ1v) is 4.98. The SMILES string of the molecule is CC(C(=O)O)c1c(Cl)cc([N+](=O)[O-])cc1[N+](=O)[O-]. The standard InChI is InChI=1S/C9H7ClN2O6/c1-4(9(13)14)8-6(10)2-5(11(15)16)3-7(8)12(17)18/h2-4H,1H3,(H,13,14). The number of hydrogen-bond acceptors (Lipinski definition) is 5. The maximum Gasteiger partial charge on any atom is 0.311 e. The molecule has 0 saturated heterocycles. The lowest BCUT2D eigenvalue weighted by Crippen LogP contribution is -2.11. The van der Waals surface area contributed by atoms with E-state index in [1.54, 1.807) is 0 Å². The molecule has 0 radical (unpaired) electrons. The molecule has 0 bridgehead atoms. The van der Waals surface area contributed by atoms with Crippen LogP contribution in [-0.2, 0) is 4.79 Å². The fourth-order valence-electron chi connectivity index (χ4n) is 1.40. The molecule has 0 aromatic heterocycles. The molecule has 0 amide bonds. The summed E-state index contributed by atoms with van der Waals surface area (Å²) < 4.78 is 0. The van der Waals surface area contributed by atoms with Gasteiger partial charge in [0.2, 0.25) is 0 Å². The summed E-state index contributed by atoms with van der Waals surface area (Å²) in [6, 6.07) is 1.59. The third-order valence-corrected chi connectivity index (χ3v) is 2.62. The molecular weight excluding hydrogens is 268 g/mol. The molecule has 9 heteroatoms. The Labute approximate surface area is 105 Å². The Morgan fingerprint density at radius 3 is 2.28 bits per heavy atom. The average Bonchev–Trinajstić information content (AvgIpc) is 2.26. The van der Waals surface area contributed by atoms with Gasteiger partial charge in [-0.15, -0.1) is 0 Å². The smallest absolute Gasteiger partial charge is 0.311 e. The molecule has 0 saturated carbocycles. The van der Waals surface area contributed by atoms with E-state index < -0.39 is 33.1 Å². The van der Waals surface area contributed by atoms with Gasteiger partial charge in [0.05, 0.1) is 32.4 Å². The van der Waals surface area contributed by atoms with E-state index in [9.17, 15) is 25.0 Å². The van der Waals surface area contributed by atoms with Crippen LogP contribution in [0.25, 0.3) is 0 Å². The van der Waals surface area contributed by atoms with E-state index >= 15 is 0 Å². The topological polar surface area (TPSA) is 124 Å². The van der Waals surface area contributed by atoms with E-state index in [1.165, 1.54) is 6.92 Å². The van der Waals surface area contributed by atoms with E-state index in [4.69, 9.17) is 16.7 Å². The summed E-state index contributed by atoms with van der Waals surface area (Å²) in [5, 5.41) is 29.9. The Kier molecular flexibility index (Phi) is 3.82. The quantitative estimate of drug-likeness (QED) is 0.664.